The summed E-state index contributed by atoms with van der Waals surface area (Å²) in [4.78, 5) is 26.1. The average Bonchev–Trinajstić information content (AvgIpc) is 3.12. The number of rotatable bonds is 6. The second-order valence-electron chi connectivity index (χ2n) is 10.3. The topological polar surface area (TPSA) is 54.4 Å². The van der Waals surface area contributed by atoms with Gasteiger partial charge in [0, 0.05) is 75.1 Å². The van der Waals surface area contributed by atoms with E-state index in [1.807, 2.05) is 7.05 Å². The predicted octanol–water partition coefficient (Wildman–Crippen LogP) is 3.68. The van der Waals surface area contributed by atoms with Crippen molar-refractivity contribution in [2.24, 2.45) is 4.99 Å². The summed E-state index contributed by atoms with van der Waals surface area (Å²) in [5.41, 5.74) is 7.04. The fraction of sp³-hybridized carbons (Fsp3) is 0.533. The number of hydrogen-bond acceptors (Lipinski definition) is 5. The van der Waals surface area contributed by atoms with Crippen molar-refractivity contribution < 1.29 is 4.79 Å². The zero-order valence-corrected chi connectivity index (χ0v) is 24.5. The van der Waals surface area contributed by atoms with Crippen LogP contribution >= 0.6 is 9.24 Å². The lowest BCUT2D eigenvalue weighted by molar-refractivity contribution is -0.123. The molecule has 0 spiro atoms. The van der Waals surface area contributed by atoms with Gasteiger partial charge in [-0.3, -0.25) is 14.7 Å². The van der Waals surface area contributed by atoms with Crippen LogP contribution in [0.4, 0.5) is 0 Å². The second-order valence-corrected chi connectivity index (χ2v) is 11.0. The van der Waals surface area contributed by atoms with Crippen molar-refractivity contribution in [1.29, 1.82) is 0 Å². The molecule has 7 nitrogen and oxygen atoms in total. The molecule has 0 aromatic rings. The molecule has 1 aliphatic carbocycles. The predicted molar refractivity (Wildman–Crippen MR) is 160 cm³/mol. The molecule has 3 heterocycles. The third kappa shape index (κ3) is 6.35. The number of amidine groups is 1. The van der Waals surface area contributed by atoms with Crippen LogP contribution in [0, 0.1) is 12.0 Å². The Bertz CT molecular complexity index is 1150. The van der Waals surface area contributed by atoms with Crippen LogP contribution < -0.4 is 5.32 Å². The molecular weight excluding hydrogens is 491 g/mol. The van der Waals surface area contributed by atoms with E-state index < -0.39 is 0 Å². The number of carbonyl (C=O) groups is 1. The average molecular weight is 535 g/mol. The number of dihydropyridines is 1. The Hall–Kier alpha value is -2.97. The van der Waals surface area contributed by atoms with Gasteiger partial charge in [0.1, 0.15) is 5.84 Å². The smallest absolute Gasteiger partial charge is 0.264 e. The lowest BCUT2D eigenvalue weighted by Gasteiger charge is -2.40. The second kappa shape index (κ2) is 13.2. The van der Waals surface area contributed by atoms with Crippen LogP contribution in [-0.2, 0) is 4.79 Å². The lowest BCUT2D eigenvalue weighted by Crippen LogP contribution is -2.44. The van der Waals surface area contributed by atoms with Crippen LogP contribution in [0.3, 0.4) is 0 Å². The standard InChI is InChI=1S/C30H43N6OP/c1-5-15-33(4)28-22-36(27-11-7-6-10-24-12-14-32-21-26(24)27)20-13-25(28)29(31-3)34-16-8-18-35(19-9-17-34)30(37)23(2)38/h11-12,14,32H,2,5-8,10,13,15-18,20-22,38H2,1,3-4H3. The first-order valence-corrected chi connectivity index (χ1v) is 14.5. The van der Waals surface area contributed by atoms with Gasteiger partial charge in [-0.25, -0.2) is 0 Å². The Morgan fingerprint density at radius 2 is 2.11 bits per heavy atom. The highest BCUT2D eigenvalue weighted by Crippen LogP contribution is 2.33. The molecule has 1 atom stereocenters. The number of carbonyl (C=O) groups excluding carboxylic acids is 1. The molecule has 38 heavy (non-hydrogen) atoms. The quantitative estimate of drug-likeness (QED) is 0.185. The Kier molecular flexibility index (Phi) is 9.74. The number of hydrogen-bond donors (Lipinski definition) is 1. The molecule has 0 aromatic carbocycles. The molecule has 3 aliphatic heterocycles. The molecule has 204 valence electrons. The number of aliphatic imine (C=N–C) groups is 1. The highest BCUT2D eigenvalue weighted by atomic mass is 31.0. The number of allylic oxidation sites excluding steroid dienone is 3. The normalized spacial score (nSPS) is 20.5. The molecule has 1 unspecified atom stereocenters. The van der Waals surface area contributed by atoms with Crippen LogP contribution in [0.5, 0.6) is 0 Å². The zero-order valence-electron chi connectivity index (χ0n) is 23.4. The molecule has 0 aromatic heterocycles. The first kappa shape index (κ1) is 28.0. The van der Waals surface area contributed by atoms with E-state index in [2.05, 4.69) is 80.1 Å². The lowest BCUT2D eigenvalue weighted by atomic mass is 9.96. The van der Waals surface area contributed by atoms with Gasteiger partial charge in [-0.05, 0) is 61.9 Å². The van der Waals surface area contributed by atoms with Crippen LogP contribution in [0.2, 0.25) is 0 Å². The summed E-state index contributed by atoms with van der Waals surface area (Å²) in [7, 11) is 6.51. The molecule has 4 rings (SSSR count). The molecule has 8 heteroatoms. The van der Waals surface area contributed by atoms with Crippen molar-refractivity contribution in [2.75, 3.05) is 59.9 Å². The highest BCUT2D eigenvalue weighted by molar-refractivity contribution is 7.24. The maximum absolute atomic E-state index is 12.4. The number of nitrogens with one attached hydrogen (secondary N) is 1. The minimum absolute atomic E-state index is 0.117. The van der Waals surface area contributed by atoms with Crippen molar-refractivity contribution in [1.82, 2.24) is 24.9 Å². The molecule has 1 N–H and O–H groups in total. The number of likely N-dealkylation sites (N-methyl/N-ethyl adjacent to an activating group) is 1. The Morgan fingerprint density at radius 3 is 2.87 bits per heavy atom. The summed E-state index contributed by atoms with van der Waals surface area (Å²) in [5, 5.41) is 3.89. The zero-order chi connectivity index (χ0) is 27.1. The number of amides is 1. The van der Waals surface area contributed by atoms with Gasteiger partial charge in [-0.2, -0.15) is 0 Å². The minimum Gasteiger partial charge on any atom is -0.387 e. The maximum atomic E-state index is 12.4. The summed E-state index contributed by atoms with van der Waals surface area (Å²) in [6, 6.07) is 3.06. The summed E-state index contributed by atoms with van der Waals surface area (Å²) >= 11 is 0. The van der Waals surface area contributed by atoms with E-state index in [9.17, 15) is 4.79 Å². The summed E-state index contributed by atoms with van der Waals surface area (Å²) in [6.07, 6.45) is 13.2. The molecule has 4 aliphatic rings. The maximum Gasteiger partial charge on any atom is 0.264 e. The summed E-state index contributed by atoms with van der Waals surface area (Å²) in [5.74, 6) is 4.15. The van der Waals surface area contributed by atoms with Crippen molar-refractivity contribution >= 4 is 21.0 Å². The Balaban J connectivity index is 1.62. The van der Waals surface area contributed by atoms with Gasteiger partial charge >= 0.3 is 0 Å². The first-order valence-electron chi connectivity index (χ1n) is 13.9. The molecule has 0 bridgehead atoms. The van der Waals surface area contributed by atoms with Crippen LogP contribution in [-0.4, -0.2) is 91.3 Å². The van der Waals surface area contributed by atoms with E-state index >= 15 is 0 Å². The Labute approximate surface area is 231 Å². The molecule has 0 fully saturated rings. The fourth-order valence-corrected chi connectivity index (χ4v) is 5.92. The van der Waals surface area contributed by atoms with E-state index in [-0.39, 0.29) is 5.91 Å². The van der Waals surface area contributed by atoms with Crippen LogP contribution in [0.15, 0.2) is 63.4 Å². The Morgan fingerprint density at radius 1 is 1.26 bits per heavy atom. The van der Waals surface area contributed by atoms with Crippen molar-refractivity contribution in [3.63, 3.8) is 0 Å². The molecule has 1 amide bonds. The fourth-order valence-electron chi connectivity index (χ4n) is 5.77. The van der Waals surface area contributed by atoms with Gasteiger partial charge < -0.3 is 20.0 Å². The third-order valence-corrected chi connectivity index (χ3v) is 7.89. The van der Waals surface area contributed by atoms with E-state index in [0.29, 0.717) is 18.4 Å². The summed E-state index contributed by atoms with van der Waals surface area (Å²) in [6.45, 7) is 11.7. The molecule has 0 radical (unpaired) electrons. The van der Waals surface area contributed by atoms with Crippen molar-refractivity contribution in [3.05, 3.63) is 58.4 Å². The third-order valence-electron chi connectivity index (χ3n) is 7.64. The molecule has 0 saturated heterocycles. The van der Waals surface area contributed by atoms with E-state index in [1.165, 1.54) is 34.5 Å². The van der Waals surface area contributed by atoms with Crippen molar-refractivity contribution in [2.45, 2.75) is 45.4 Å². The monoisotopic (exact) mass is 534 g/mol. The highest BCUT2D eigenvalue weighted by Gasteiger charge is 2.30. The van der Waals surface area contributed by atoms with E-state index in [4.69, 9.17) is 4.99 Å². The van der Waals surface area contributed by atoms with Gasteiger partial charge in [0.2, 0.25) is 0 Å². The van der Waals surface area contributed by atoms with Gasteiger partial charge in [0.25, 0.3) is 5.91 Å². The number of nitrogens with zero attached hydrogens (tertiary/aromatic N) is 5. The molecule has 0 saturated carbocycles. The van der Waals surface area contributed by atoms with Crippen LogP contribution in [0.25, 0.3) is 0 Å². The minimum atomic E-state index is -0.117. The van der Waals surface area contributed by atoms with Gasteiger partial charge in [0.15, 0.2) is 0 Å². The van der Waals surface area contributed by atoms with E-state index in [1.54, 1.807) is 4.90 Å². The van der Waals surface area contributed by atoms with Gasteiger partial charge in [-0.15, -0.1) is 9.24 Å². The van der Waals surface area contributed by atoms with Gasteiger partial charge in [0.05, 0.1) is 13.1 Å². The largest absolute Gasteiger partial charge is 0.387 e. The first-order chi connectivity index (χ1) is 18.4. The molecular formula is C30H43N6OP. The van der Waals surface area contributed by atoms with Crippen molar-refractivity contribution in [3.8, 4) is 12.0 Å². The van der Waals surface area contributed by atoms with E-state index in [0.717, 1.165) is 70.7 Å². The summed E-state index contributed by atoms with van der Waals surface area (Å²) < 4.78 is 0. The van der Waals surface area contributed by atoms with Gasteiger partial charge in [-0.1, -0.05) is 25.5 Å². The van der Waals surface area contributed by atoms with Crippen LogP contribution in [0.1, 0.15) is 45.4 Å². The SMILES string of the molecule is C=C(P)C(=O)N1C#CCN(C(=NC)C2=C(N(C)CCC)CN(C3=CCCCC4=C3CNC=C4)CC2)CCC1.